The van der Waals surface area contributed by atoms with Gasteiger partial charge in [-0.05, 0) is 30.5 Å². The van der Waals surface area contributed by atoms with Crippen LogP contribution in [0.3, 0.4) is 0 Å². The van der Waals surface area contributed by atoms with Crippen molar-refractivity contribution >= 4 is 17.5 Å². The Balaban J connectivity index is 1.89. The molecule has 2 rings (SSSR count). The number of piperidine rings is 1. The Bertz CT molecular complexity index is 414. The maximum atomic E-state index is 12.1. The van der Waals surface area contributed by atoms with Crippen molar-refractivity contribution in [1.29, 1.82) is 0 Å². The van der Waals surface area contributed by atoms with Gasteiger partial charge >= 0.3 is 0 Å². The van der Waals surface area contributed by atoms with Crippen LogP contribution in [0.2, 0.25) is 5.02 Å². The lowest BCUT2D eigenvalue weighted by Gasteiger charge is -2.31. The summed E-state index contributed by atoms with van der Waals surface area (Å²) in [7, 11) is 1.73. The van der Waals surface area contributed by atoms with Crippen LogP contribution in [0.1, 0.15) is 18.4 Å². The number of hydrogen-bond donors (Lipinski definition) is 0. The number of hydrogen-bond acceptors (Lipinski definition) is 2. The number of ether oxygens (including phenoxy) is 1. The van der Waals surface area contributed by atoms with Crippen LogP contribution >= 0.6 is 11.6 Å². The van der Waals surface area contributed by atoms with E-state index in [1.165, 1.54) is 0 Å². The van der Waals surface area contributed by atoms with Gasteiger partial charge in [-0.15, -0.1) is 0 Å². The quantitative estimate of drug-likeness (QED) is 0.842. The van der Waals surface area contributed by atoms with Crippen molar-refractivity contribution in [2.24, 2.45) is 0 Å². The Morgan fingerprint density at radius 1 is 1.44 bits per heavy atom. The summed E-state index contributed by atoms with van der Waals surface area (Å²) in [6, 6.07) is 7.48. The number of benzene rings is 1. The summed E-state index contributed by atoms with van der Waals surface area (Å²) in [6.45, 7) is 1.58. The van der Waals surface area contributed by atoms with Crippen molar-refractivity contribution in [2.45, 2.75) is 25.4 Å². The summed E-state index contributed by atoms with van der Waals surface area (Å²) in [5.41, 5.74) is 0.973. The molecule has 0 aliphatic carbocycles. The summed E-state index contributed by atoms with van der Waals surface area (Å²) in [5, 5.41) is 0.679. The Labute approximate surface area is 113 Å². The highest BCUT2D eigenvalue weighted by Gasteiger charge is 2.22. The summed E-state index contributed by atoms with van der Waals surface area (Å²) >= 11 is 5.91. The van der Waals surface area contributed by atoms with Crippen LogP contribution in [0, 0.1) is 0 Å². The largest absolute Gasteiger partial charge is 0.381 e. The van der Waals surface area contributed by atoms with Gasteiger partial charge in [-0.1, -0.05) is 23.7 Å². The molecule has 0 aromatic heterocycles. The van der Waals surface area contributed by atoms with Gasteiger partial charge in [0, 0.05) is 25.2 Å². The minimum absolute atomic E-state index is 0.173. The molecule has 1 aliphatic rings. The molecule has 0 radical (unpaired) electrons. The normalized spacial score (nSPS) is 16.9. The predicted octanol–water partition coefficient (Wildman–Crippen LogP) is 2.52. The van der Waals surface area contributed by atoms with E-state index >= 15 is 0 Å². The Morgan fingerprint density at radius 2 is 2.17 bits per heavy atom. The van der Waals surface area contributed by atoms with Crippen molar-refractivity contribution in [1.82, 2.24) is 4.90 Å². The van der Waals surface area contributed by atoms with Gasteiger partial charge in [0.25, 0.3) is 0 Å². The van der Waals surface area contributed by atoms with E-state index in [2.05, 4.69) is 0 Å². The lowest BCUT2D eigenvalue weighted by molar-refractivity contribution is -0.132. The molecule has 1 aromatic carbocycles. The topological polar surface area (TPSA) is 29.5 Å². The smallest absolute Gasteiger partial charge is 0.226 e. The van der Waals surface area contributed by atoms with E-state index < -0.39 is 0 Å². The second-order valence-corrected chi connectivity index (χ2v) is 5.06. The first-order valence-corrected chi connectivity index (χ1v) is 6.62. The highest BCUT2D eigenvalue weighted by Crippen LogP contribution is 2.16. The average molecular weight is 268 g/mol. The lowest BCUT2D eigenvalue weighted by Crippen LogP contribution is -2.41. The zero-order valence-electron chi connectivity index (χ0n) is 10.6. The fraction of sp³-hybridized carbons (Fsp3) is 0.500. The molecule has 98 valence electrons. The zero-order chi connectivity index (χ0) is 13.0. The fourth-order valence-corrected chi connectivity index (χ4v) is 2.49. The van der Waals surface area contributed by atoms with Crippen molar-refractivity contribution < 1.29 is 9.53 Å². The predicted molar refractivity (Wildman–Crippen MR) is 71.8 cm³/mol. The molecular weight excluding hydrogens is 250 g/mol. The Kier molecular flexibility index (Phi) is 4.61. The monoisotopic (exact) mass is 267 g/mol. The van der Waals surface area contributed by atoms with E-state index in [9.17, 15) is 4.79 Å². The van der Waals surface area contributed by atoms with Gasteiger partial charge in [0.05, 0.1) is 12.5 Å². The maximum Gasteiger partial charge on any atom is 0.226 e. The van der Waals surface area contributed by atoms with E-state index in [1.807, 2.05) is 29.2 Å². The molecule has 1 fully saturated rings. The van der Waals surface area contributed by atoms with Crippen molar-refractivity contribution in [3.8, 4) is 0 Å². The highest BCUT2D eigenvalue weighted by molar-refractivity contribution is 6.30. The van der Waals surface area contributed by atoms with E-state index in [0.717, 1.165) is 31.5 Å². The molecule has 1 aliphatic heterocycles. The van der Waals surface area contributed by atoms with Gasteiger partial charge < -0.3 is 9.64 Å². The van der Waals surface area contributed by atoms with Gasteiger partial charge in [0.1, 0.15) is 0 Å². The van der Waals surface area contributed by atoms with Gasteiger partial charge in [-0.3, -0.25) is 4.79 Å². The third-order valence-corrected chi connectivity index (χ3v) is 3.61. The number of methoxy groups -OCH3 is 1. The van der Waals surface area contributed by atoms with Crippen LogP contribution in [-0.2, 0) is 16.0 Å². The number of amides is 1. The molecular formula is C14H18ClNO2. The standard InChI is InChI=1S/C14H18ClNO2/c1-18-13-5-7-16(8-6-13)14(17)10-11-3-2-4-12(15)9-11/h2-4,9,13H,5-8,10H2,1H3. The third kappa shape index (κ3) is 3.47. The number of carbonyl (C=O) groups is 1. The van der Waals surface area contributed by atoms with Crippen LogP contribution in [0.25, 0.3) is 0 Å². The second-order valence-electron chi connectivity index (χ2n) is 4.62. The molecule has 0 spiro atoms. The molecule has 0 saturated carbocycles. The van der Waals surface area contributed by atoms with Gasteiger partial charge in [0.2, 0.25) is 5.91 Å². The van der Waals surface area contributed by atoms with Crippen molar-refractivity contribution in [3.63, 3.8) is 0 Å². The molecule has 1 aromatic rings. The van der Waals surface area contributed by atoms with Crippen LogP contribution in [0.5, 0.6) is 0 Å². The molecule has 4 heteroatoms. The van der Waals surface area contributed by atoms with Crippen LogP contribution in [0.4, 0.5) is 0 Å². The zero-order valence-corrected chi connectivity index (χ0v) is 11.3. The first-order valence-electron chi connectivity index (χ1n) is 6.24. The SMILES string of the molecule is COC1CCN(C(=O)Cc2cccc(Cl)c2)CC1. The molecule has 0 atom stereocenters. The third-order valence-electron chi connectivity index (χ3n) is 3.37. The molecule has 1 amide bonds. The molecule has 0 unspecified atom stereocenters. The maximum absolute atomic E-state index is 12.1. The van der Waals surface area contributed by atoms with E-state index in [1.54, 1.807) is 7.11 Å². The van der Waals surface area contributed by atoms with E-state index in [0.29, 0.717) is 17.5 Å². The Morgan fingerprint density at radius 3 is 2.78 bits per heavy atom. The minimum Gasteiger partial charge on any atom is -0.381 e. The number of nitrogens with zero attached hydrogens (tertiary/aromatic N) is 1. The van der Waals surface area contributed by atoms with Gasteiger partial charge in [0.15, 0.2) is 0 Å². The number of carbonyl (C=O) groups excluding carboxylic acids is 1. The van der Waals surface area contributed by atoms with E-state index in [4.69, 9.17) is 16.3 Å². The summed E-state index contributed by atoms with van der Waals surface area (Å²) < 4.78 is 5.30. The van der Waals surface area contributed by atoms with Crippen LogP contribution < -0.4 is 0 Å². The van der Waals surface area contributed by atoms with Crippen LogP contribution in [-0.4, -0.2) is 37.1 Å². The number of rotatable bonds is 3. The Hall–Kier alpha value is -1.06. The molecule has 3 nitrogen and oxygen atoms in total. The second kappa shape index (κ2) is 6.21. The van der Waals surface area contributed by atoms with Gasteiger partial charge in [-0.25, -0.2) is 0 Å². The first-order chi connectivity index (χ1) is 8.69. The molecule has 0 N–H and O–H groups in total. The average Bonchev–Trinajstić information content (AvgIpc) is 2.39. The fourth-order valence-electron chi connectivity index (χ4n) is 2.27. The number of likely N-dealkylation sites (tertiary alicyclic amines) is 1. The molecule has 1 heterocycles. The molecule has 18 heavy (non-hydrogen) atoms. The molecule has 0 bridgehead atoms. The van der Waals surface area contributed by atoms with Crippen molar-refractivity contribution in [2.75, 3.05) is 20.2 Å². The molecule has 1 saturated heterocycles. The van der Waals surface area contributed by atoms with Crippen molar-refractivity contribution in [3.05, 3.63) is 34.9 Å². The van der Waals surface area contributed by atoms with E-state index in [-0.39, 0.29) is 5.91 Å². The van der Waals surface area contributed by atoms with Gasteiger partial charge in [-0.2, -0.15) is 0 Å². The summed E-state index contributed by atoms with van der Waals surface area (Å²) in [5.74, 6) is 0.173. The summed E-state index contributed by atoms with van der Waals surface area (Å²) in [4.78, 5) is 14.0. The van der Waals surface area contributed by atoms with Crippen LogP contribution in [0.15, 0.2) is 24.3 Å². The number of halogens is 1. The first kappa shape index (κ1) is 13.4. The lowest BCUT2D eigenvalue weighted by atomic mass is 10.1. The minimum atomic E-state index is 0.173. The highest BCUT2D eigenvalue weighted by atomic mass is 35.5. The summed E-state index contributed by atoms with van der Waals surface area (Å²) in [6.07, 6.45) is 2.59.